The lowest BCUT2D eigenvalue weighted by Crippen LogP contribution is -2.59. The van der Waals surface area contributed by atoms with Gasteiger partial charge in [-0.1, -0.05) is 25.0 Å². The Hall–Kier alpha value is -2.46. The van der Waals surface area contributed by atoms with E-state index in [1.807, 2.05) is 26.8 Å². The van der Waals surface area contributed by atoms with Crippen molar-refractivity contribution in [1.82, 2.24) is 4.90 Å². The van der Waals surface area contributed by atoms with Gasteiger partial charge in [-0.05, 0) is 108 Å². The van der Waals surface area contributed by atoms with Crippen molar-refractivity contribution < 1.29 is 52.3 Å². The van der Waals surface area contributed by atoms with Crippen LogP contribution in [0.1, 0.15) is 85.5 Å². The summed E-state index contributed by atoms with van der Waals surface area (Å²) in [4.78, 5) is 48.3. The molecule has 15 heteroatoms. The van der Waals surface area contributed by atoms with Gasteiger partial charge < -0.3 is 42.8 Å². The van der Waals surface area contributed by atoms with Gasteiger partial charge in [-0.3, -0.25) is 14.4 Å². The number of allylic oxidation sites excluding steroid dienone is 2. The minimum Gasteiger partial charge on any atom is -0.462 e. The van der Waals surface area contributed by atoms with Crippen LogP contribution in [0.25, 0.3) is 10.4 Å². The van der Waals surface area contributed by atoms with E-state index in [1.54, 1.807) is 21.3 Å². The quantitative estimate of drug-likeness (QED) is 0.123. The van der Waals surface area contributed by atoms with Gasteiger partial charge in [0.1, 0.15) is 30.2 Å². The molecular formula is C41H64N4O11. The summed E-state index contributed by atoms with van der Waals surface area (Å²) in [5, 5.41) is 4.08. The fourth-order valence-electron chi connectivity index (χ4n) is 11.0. The molecular weight excluding hydrogens is 724 g/mol. The summed E-state index contributed by atoms with van der Waals surface area (Å²) in [5.41, 5.74) is 10.2. The number of cyclic esters (lactones) is 1. The summed E-state index contributed by atoms with van der Waals surface area (Å²) in [5.74, 6) is -3.65. The molecule has 15 nitrogen and oxygen atoms in total. The molecule has 0 amide bonds. The molecule has 3 saturated heterocycles. The molecule has 0 radical (unpaired) electrons. The lowest BCUT2D eigenvalue weighted by Gasteiger charge is -2.44. The van der Waals surface area contributed by atoms with Crippen LogP contribution in [0.4, 0.5) is 0 Å². The Labute approximate surface area is 331 Å². The number of fused-ring (bicyclic) bond motifs is 5. The van der Waals surface area contributed by atoms with Crippen LogP contribution in [-0.2, 0) is 52.3 Å². The summed E-state index contributed by atoms with van der Waals surface area (Å²) in [6.45, 7) is 7.85. The second-order valence-corrected chi connectivity index (χ2v) is 17.1. The highest BCUT2D eigenvalue weighted by molar-refractivity contribution is 6.01. The number of methoxy groups -OCH3 is 3. The normalized spacial score (nSPS) is 44.8. The van der Waals surface area contributed by atoms with Crippen LogP contribution < -0.4 is 0 Å². The number of ketones is 2. The fourth-order valence-corrected chi connectivity index (χ4v) is 11.0. The molecule has 0 N–H and O–H groups in total. The number of azide groups is 1. The topological polar surface area (TPSA) is 177 Å². The first-order chi connectivity index (χ1) is 26.8. The number of carbonyl (C=O) groups is 3. The predicted octanol–water partition coefficient (Wildman–Crippen LogP) is 5.18. The van der Waals surface area contributed by atoms with Gasteiger partial charge in [-0.15, -0.1) is 0 Å². The van der Waals surface area contributed by atoms with Crippen LogP contribution >= 0.6 is 0 Å². The molecule has 56 heavy (non-hydrogen) atoms. The van der Waals surface area contributed by atoms with Crippen molar-refractivity contribution in [2.45, 2.75) is 159 Å². The number of hydrogen-bond acceptors (Lipinski definition) is 13. The van der Waals surface area contributed by atoms with Crippen molar-refractivity contribution in [3.05, 3.63) is 22.1 Å². The maximum atomic E-state index is 14.8. The van der Waals surface area contributed by atoms with E-state index in [4.69, 9.17) is 37.9 Å². The average Bonchev–Trinajstić information content (AvgIpc) is 3.76. The van der Waals surface area contributed by atoms with Crippen LogP contribution in [0, 0.1) is 35.5 Å². The summed E-state index contributed by atoms with van der Waals surface area (Å²) < 4.78 is 49.3. The number of rotatable bonds is 10. The molecule has 9 unspecified atom stereocenters. The molecule has 0 aromatic carbocycles. The highest BCUT2D eigenvalue weighted by Gasteiger charge is 2.59. The zero-order valence-corrected chi connectivity index (χ0v) is 34.6. The van der Waals surface area contributed by atoms with Gasteiger partial charge in [0.25, 0.3) is 0 Å². The standard InChI is InChI=1S/C41H64N4O11/c1-10-23-12-11-13-31(56-33-15-14-30(45(5)6)21(3)52-33)20(2)36(47)29-18-26-25-16-24(55-41-40(51-9)39(50-8)38(49-7)22(4)53-41)17-28(25)35(43-44-42)37(48)34(26)27(29)19-32(46)54-23/h18,20-28,30-31,33-35,38-41H,10-17,19H2,1-9H3/t20-,21?,22?,23+,24+,25+,26+,27?,28-,30+,31+,33+,34?,35?,38?,39?,40?,41?/m1/s1. The second-order valence-electron chi connectivity index (χ2n) is 17.1. The number of nitrogens with zero attached hydrogens (tertiary/aromatic N) is 4. The van der Waals surface area contributed by atoms with Crippen LogP contribution in [0.2, 0.25) is 0 Å². The minimum absolute atomic E-state index is 0.0331. The third kappa shape index (κ3) is 8.63. The summed E-state index contributed by atoms with van der Waals surface area (Å²) in [6, 6.07) is -0.693. The van der Waals surface area contributed by atoms with E-state index >= 15 is 0 Å². The monoisotopic (exact) mass is 788 g/mol. The second kappa shape index (κ2) is 18.6. The van der Waals surface area contributed by atoms with E-state index in [9.17, 15) is 19.9 Å². The molecule has 3 aliphatic heterocycles. The van der Waals surface area contributed by atoms with Gasteiger partial charge >= 0.3 is 5.97 Å². The largest absolute Gasteiger partial charge is 0.462 e. The highest BCUT2D eigenvalue weighted by Crippen LogP contribution is 2.56. The van der Waals surface area contributed by atoms with Crippen molar-refractivity contribution >= 4 is 17.5 Å². The summed E-state index contributed by atoms with van der Waals surface area (Å²) >= 11 is 0. The first-order valence-electron chi connectivity index (χ1n) is 20.7. The molecule has 0 aromatic rings. The van der Waals surface area contributed by atoms with Crippen molar-refractivity contribution in [2.75, 3.05) is 35.4 Å². The number of esters is 1. The molecule has 0 bridgehead atoms. The lowest BCUT2D eigenvalue weighted by molar-refractivity contribution is -0.314. The zero-order chi connectivity index (χ0) is 40.4. The van der Waals surface area contributed by atoms with E-state index in [2.05, 4.69) is 35.9 Å². The average molecular weight is 789 g/mol. The van der Waals surface area contributed by atoms with Gasteiger partial charge in [0.15, 0.2) is 18.4 Å². The van der Waals surface area contributed by atoms with Gasteiger partial charge in [0, 0.05) is 50.0 Å². The predicted molar refractivity (Wildman–Crippen MR) is 203 cm³/mol. The van der Waals surface area contributed by atoms with E-state index in [1.165, 1.54) is 0 Å². The molecule has 3 heterocycles. The van der Waals surface area contributed by atoms with Crippen LogP contribution in [0.15, 0.2) is 16.8 Å². The van der Waals surface area contributed by atoms with Crippen LogP contribution in [0.3, 0.4) is 0 Å². The van der Waals surface area contributed by atoms with Crippen LogP contribution in [0.5, 0.6) is 0 Å². The zero-order valence-electron chi connectivity index (χ0n) is 34.6. The van der Waals surface area contributed by atoms with E-state index in [-0.39, 0.29) is 72.3 Å². The van der Waals surface area contributed by atoms with Crippen molar-refractivity contribution in [2.24, 2.45) is 40.6 Å². The SMILES string of the molecule is CC[C@H]1CCC[C@H](O[C@H]2CC[C@H](N(C)C)C(C)O2)[C@@H](C)C(=O)C2=C[C@@H]3C(C(=O)C(N=[N+]=[N-])[C@@H]4C[C@@H](OC5OC(C)C(OC)C(OC)C5OC)C[C@@H]34)C2CC(=O)O1. The molecule has 3 aliphatic carbocycles. The summed E-state index contributed by atoms with van der Waals surface area (Å²) in [7, 11) is 8.88. The molecule has 314 valence electrons. The van der Waals surface area contributed by atoms with E-state index < -0.39 is 60.7 Å². The Kier molecular flexibility index (Phi) is 14.4. The first-order valence-corrected chi connectivity index (χ1v) is 20.7. The number of likely N-dealkylation sites (N-methyl/N-ethyl adjacent to an activating group) is 1. The van der Waals surface area contributed by atoms with Crippen molar-refractivity contribution in [3.8, 4) is 0 Å². The third-order valence-electron chi connectivity index (χ3n) is 13.8. The highest BCUT2D eigenvalue weighted by atomic mass is 16.7. The van der Waals surface area contributed by atoms with Crippen molar-refractivity contribution in [1.29, 1.82) is 0 Å². The van der Waals surface area contributed by atoms with Gasteiger partial charge in [0.05, 0.1) is 36.9 Å². The number of ether oxygens (including phenoxy) is 8. The Morgan fingerprint density at radius 1 is 0.893 bits per heavy atom. The summed E-state index contributed by atoms with van der Waals surface area (Å²) in [6.07, 6.45) is 2.95. The lowest BCUT2D eigenvalue weighted by atomic mass is 9.63. The molecule has 0 aromatic heterocycles. The van der Waals surface area contributed by atoms with Gasteiger partial charge in [-0.25, -0.2) is 0 Å². The number of carbonyl (C=O) groups excluding carboxylic acids is 3. The molecule has 0 spiro atoms. The Bertz CT molecular complexity index is 1490. The third-order valence-corrected chi connectivity index (χ3v) is 13.8. The Morgan fingerprint density at radius 3 is 2.25 bits per heavy atom. The van der Waals surface area contributed by atoms with Gasteiger partial charge in [0.2, 0.25) is 0 Å². The van der Waals surface area contributed by atoms with Crippen molar-refractivity contribution in [3.63, 3.8) is 0 Å². The van der Waals surface area contributed by atoms with E-state index in [0.717, 1.165) is 6.42 Å². The molecule has 2 saturated carbocycles. The minimum atomic E-state index is -0.970. The molecule has 5 fully saturated rings. The number of hydrogen-bond donors (Lipinski definition) is 0. The maximum absolute atomic E-state index is 14.8. The smallest absolute Gasteiger partial charge is 0.306 e. The van der Waals surface area contributed by atoms with Crippen LogP contribution in [-0.4, -0.2) is 131 Å². The number of Topliss-reactive ketones (excluding diaryl/α,β-unsaturated/α-hetero) is 2. The Balaban J connectivity index is 1.29. The van der Waals surface area contributed by atoms with Gasteiger partial charge in [-0.2, -0.15) is 0 Å². The molecule has 18 atom stereocenters. The first kappa shape index (κ1) is 43.1. The maximum Gasteiger partial charge on any atom is 0.306 e. The Morgan fingerprint density at radius 2 is 1.61 bits per heavy atom. The molecule has 6 rings (SSSR count). The molecule has 6 aliphatic rings. The van der Waals surface area contributed by atoms with E-state index in [0.29, 0.717) is 50.5 Å². The fraction of sp³-hybridized carbons (Fsp3) is 0.878.